The smallest absolute Gasteiger partial charge is 0.128 e. The Morgan fingerprint density at radius 3 is 3.06 bits per heavy atom. The number of halogens is 3. The Bertz CT molecular complexity index is 462. The third-order valence-corrected chi connectivity index (χ3v) is 4.25. The zero-order valence-electron chi connectivity index (χ0n) is 9.53. The van der Waals surface area contributed by atoms with Crippen LogP contribution in [0.5, 0.6) is 0 Å². The Morgan fingerprint density at radius 2 is 2.28 bits per heavy atom. The van der Waals surface area contributed by atoms with Gasteiger partial charge in [-0.25, -0.2) is 4.39 Å². The SMILES string of the molecule is Cl.O[C@@H]1C[C@H]2CON[C@@]2(c2cc(Br)ccc2F)C1. The zero-order valence-corrected chi connectivity index (χ0v) is 11.9. The molecule has 0 bridgehead atoms. The van der Waals surface area contributed by atoms with Gasteiger partial charge in [0.1, 0.15) is 5.82 Å². The fraction of sp³-hybridized carbons (Fsp3) is 0.500. The van der Waals surface area contributed by atoms with Gasteiger partial charge in [0.05, 0.1) is 18.2 Å². The Hall–Kier alpha value is -0.200. The number of hydrogen-bond acceptors (Lipinski definition) is 3. The average molecular weight is 339 g/mol. The minimum absolute atomic E-state index is 0. The van der Waals surface area contributed by atoms with E-state index in [1.165, 1.54) is 6.07 Å². The summed E-state index contributed by atoms with van der Waals surface area (Å²) < 4.78 is 14.8. The van der Waals surface area contributed by atoms with Crippen LogP contribution in [0.2, 0.25) is 0 Å². The summed E-state index contributed by atoms with van der Waals surface area (Å²) in [6.07, 6.45) is 0.749. The van der Waals surface area contributed by atoms with Crippen molar-refractivity contribution >= 4 is 28.3 Å². The van der Waals surface area contributed by atoms with E-state index in [0.29, 0.717) is 25.0 Å². The second-order valence-electron chi connectivity index (χ2n) is 4.80. The first-order valence-corrected chi connectivity index (χ1v) is 6.44. The van der Waals surface area contributed by atoms with Gasteiger partial charge in [0, 0.05) is 16.0 Å². The molecule has 0 unspecified atom stereocenters. The number of hydrogen-bond donors (Lipinski definition) is 2. The average Bonchev–Trinajstić information content (AvgIpc) is 2.78. The van der Waals surface area contributed by atoms with Gasteiger partial charge in [-0.2, -0.15) is 5.48 Å². The number of aliphatic hydroxyl groups excluding tert-OH is 1. The number of rotatable bonds is 1. The first kappa shape index (κ1) is 14.2. The summed E-state index contributed by atoms with van der Waals surface area (Å²) in [6, 6.07) is 4.88. The lowest BCUT2D eigenvalue weighted by molar-refractivity contribution is 0.0385. The Morgan fingerprint density at radius 1 is 1.50 bits per heavy atom. The van der Waals surface area contributed by atoms with Crippen molar-refractivity contribution in [2.24, 2.45) is 5.92 Å². The Labute approximate surface area is 119 Å². The highest BCUT2D eigenvalue weighted by Gasteiger charge is 2.53. The molecule has 3 rings (SSSR count). The monoisotopic (exact) mass is 337 g/mol. The van der Waals surface area contributed by atoms with E-state index in [2.05, 4.69) is 21.4 Å². The molecule has 1 saturated carbocycles. The first-order chi connectivity index (χ1) is 8.12. The van der Waals surface area contributed by atoms with E-state index in [1.54, 1.807) is 12.1 Å². The van der Waals surface area contributed by atoms with Crippen molar-refractivity contribution in [3.05, 3.63) is 34.1 Å². The molecule has 1 saturated heterocycles. The van der Waals surface area contributed by atoms with Crippen molar-refractivity contribution in [1.29, 1.82) is 0 Å². The normalized spacial score (nSPS) is 34.2. The summed E-state index contributed by atoms with van der Waals surface area (Å²) in [6.45, 7) is 0.517. The van der Waals surface area contributed by atoms with E-state index in [4.69, 9.17) is 4.84 Å². The molecule has 0 radical (unpaired) electrons. The number of benzene rings is 1. The van der Waals surface area contributed by atoms with Gasteiger partial charge in [0.15, 0.2) is 0 Å². The van der Waals surface area contributed by atoms with Gasteiger partial charge in [-0.3, -0.25) is 0 Å². The van der Waals surface area contributed by atoms with Crippen LogP contribution in [0, 0.1) is 11.7 Å². The molecule has 3 atom stereocenters. The van der Waals surface area contributed by atoms with Crippen LogP contribution in [0.25, 0.3) is 0 Å². The topological polar surface area (TPSA) is 41.5 Å². The number of fused-ring (bicyclic) bond motifs is 1. The van der Waals surface area contributed by atoms with Crippen LogP contribution in [-0.2, 0) is 10.4 Å². The van der Waals surface area contributed by atoms with Gasteiger partial charge in [0.2, 0.25) is 0 Å². The van der Waals surface area contributed by atoms with Gasteiger partial charge in [0.25, 0.3) is 0 Å². The lowest BCUT2D eigenvalue weighted by Gasteiger charge is -2.28. The molecule has 0 aromatic heterocycles. The second-order valence-corrected chi connectivity index (χ2v) is 5.71. The maximum absolute atomic E-state index is 14.0. The van der Waals surface area contributed by atoms with Crippen LogP contribution in [0.3, 0.4) is 0 Å². The largest absolute Gasteiger partial charge is 0.393 e. The number of hydroxylamine groups is 1. The molecule has 2 fully saturated rings. The molecule has 1 aromatic rings. The van der Waals surface area contributed by atoms with Gasteiger partial charge < -0.3 is 9.94 Å². The minimum atomic E-state index is -0.576. The fourth-order valence-electron chi connectivity index (χ4n) is 2.98. The molecule has 3 nitrogen and oxygen atoms in total. The van der Waals surface area contributed by atoms with E-state index in [9.17, 15) is 9.50 Å². The molecular weight excluding hydrogens is 324 g/mol. The van der Waals surface area contributed by atoms with Crippen molar-refractivity contribution in [3.63, 3.8) is 0 Å². The summed E-state index contributed by atoms with van der Waals surface area (Å²) in [5.41, 5.74) is 2.92. The van der Waals surface area contributed by atoms with E-state index in [1.807, 2.05) is 0 Å². The number of nitrogens with one attached hydrogen (secondary N) is 1. The molecule has 100 valence electrons. The molecule has 2 aliphatic rings. The van der Waals surface area contributed by atoms with Crippen molar-refractivity contribution in [2.45, 2.75) is 24.5 Å². The summed E-state index contributed by atoms with van der Waals surface area (Å²) >= 11 is 3.35. The molecule has 6 heteroatoms. The van der Waals surface area contributed by atoms with E-state index in [0.717, 1.165) is 4.47 Å². The van der Waals surface area contributed by atoms with Crippen molar-refractivity contribution < 1.29 is 14.3 Å². The van der Waals surface area contributed by atoms with Crippen LogP contribution < -0.4 is 5.48 Å². The molecule has 18 heavy (non-hydrogen) atoms. The van der Waals surface area contributed by atoms with Crippen LogP contribution in [0.1, 0.15) is 18.4 Å². The standard InChI is InChI=1S/C12H13BrFNO2.ClH/c13-8-1-2-11(14)10(4-8)12-5-9(16)3-7(12)6-17-15-12;/h1-2,4,7,9,15-16H,3,5-6H2;1H/t7-,9+,12-;/m0./s1. The molecule has 1 heterocycles. The third-order valence-electron chi connectivity index (χ3n) is 3.76. The van der Waals surface area contributed by atoms with E-state index in [-0.39, 0.29) is 24.1 Å². The molecule has 0 amide bonds. The van der Waals surface area contributed by atoms with Crippen LogP contribution in [0.15, 0.2) is 22.7 Å². The van der Waals surface area contributed by atoms with Crippen molar-refractivity contribution in [2.75, 3.05) is 6.61 Å². The van der Waals surface area contributed by atoms with Crippen molar-refractivity contribution in [1.82, 2.24) is 5.48 Å². The van der Waals surface area contributed by atoms with Gasteiger partial charge in [-0.05, 0) is 31.0 Å². The lowest BCUT2D eigenvalue weighted by atomic mass is 9.82. The van der Waals surface area contributed by atoms with Gasteiger partial charge >= 0.3 is 0 Å². The highest BCUT2D eigenvalue weighted by Crippen LogP contribution is 2.47. The van der Waals surface area contributed by atoms with Crippen LogP contribution in [-0.4, -0.2) is 17.8 Å². The predicted octanol–water partition coefficient (Wildman–Crippen LogP) is 2.51. The first-order valence-electron chi connectivity index (χ1n) is 5.64. The summed E-state index contributed by atoms with van der Waals surface area (Å²) in [5.74, 6) is -0.133. The maximum atomic E-state index is 14.0. The highest BCUT2D eigenvalue weighted by molar-refractivity contribution is 9.10. The quantitative estimate of drug-likeness (QED) is 0.827. The Balaban J connectivity index is 0.00000120. The summed E-state index contributed by atoms with van der Waals surface area (Å²) in [5, 5.41) is 9.79. The molecule has 2 N–H and O–H groups in total. The maximum Gasteiger partial charge on any atom is 0.128 e. The van der Waals surface area contributed by atoms with E-state index < -0.39 is 11.6 Å². The highest BCUT2D eigenvalue weighted by atomic mass is 79.9. The molecule has 1 aliphatic carbocycles. The summed E-state index contributed by atoms with van der Waals surface area (Å²) in [4.78, 5) is 5.27. The van der Waals surface area contributed by atoms with Gasteiger partial charge in [-0.15, -0.1) is 12.4 Å². The van der Waals surface area contributed by atoms with Crippen LogP contribution in [0.4, 0.5) is 4.39 Å². The molecule has 1 aromatic carbocycles. The lowest BCUT2D eigenvalue weighted by Crippen LogP contribution is -2.39. The van der Waals surface area contributed by atoms with Gasteiger partial charge in [-0.1, -0.05) is 15.9 Å². The minimum Gasteiger partial charge on any atom is -0.393 e. The zero-order chi connectivity index (χ0) is 12.0. The molecule has 1 aliphatic heterocycles. The predicted molar refractivity (Wildman–Crippen MR) is 70.8 cm³/mol. The third kappa shape index (κ3) is 2.08. The summed E-state index contributed by atoms with van der Waals surface area (Å²) in [7, 11) is 0. The fourth-order valence-corrected chi connectivity index (χ4v) is 3.34. The van der Waals surface area contributed by atoms with Crippen LogP contribution >= 0.6 is 28.3 Å². The van der Waals surface area contributed by atoms with Crippen molar-refractivity contribution in [3.8, 4) is 0 Å². The number of aliphatic hydroxyl groups is 1. The molecule has 0 spiro atoms. The Kier molecular flexibility index (Phi) is 3.99. The molecular formula is C12H14BrClFNO2. The van der Waals surface area contributed by atoms with E-state index >= 15 is 0 Å². The second kappa shape index (κ2) is 5.06.